The quantitative estimate of drug-likeness (QED) is 0.433. The number of fused-ring (bicyclic) bond motifs is 1. The highest BCUT2D eigenvalue weighted by molar-refractivity contribution is 14.0. The first-order chi connectivity index (χ1) is 11.2. The summed E-state index contributed by atoms with van der Waals surface area (Å²) in [6.45, 7) is 2.40. The number of hydrogen-bond donors (Lipinski definition) is 1. The molecule has 24 heavy (non-hydrogen) atoms. The number of aromatic nitrogens is 3. The standard InChI is InChI=1S/C16H21ClN6.HI/c1-18-16(22(2)11-12-5-7-13(17)8-6-12)19-10-15-21-20-14-4-3-9-23(14)15;/h5-8H,3-4,9-11H2,1-2H3,(H,18,19);1H. The summed E-state index contributed by atoms with van der Waals surface area (Å²) in [5.74, 6) is 2.89. The SMILES string of the molecule is CN=C(NCc1nnc2n1CCC2)N(C)Cc1ccc(Cl)cc1.I. The Labute approximate surface area is 164 Å². The fourth-order valence-electron chi connectivity index (χ4n) is 2.82. The molecule has 0 saturated carbocycles. The largest absolute Gasteiger partial charge is 0.349 e. The van der Waals surface area contributed by atoms with Crippen LogP contribution in [0.2, 0.25) is 5.02 Å². The molecule has 0 bridgehead atoms. The van der Waals surface area contributed by atoms with Crippen molar-refractivity contribution in [3.8, 4) is 0 Å². The number of nitrogens with zero attached hydrogens (tertiary/aromatic N) is 5. The number of aliphatic imine (C=N–C) groups is 1. The number of aryl methyl sites for hydroxylation is 1. The molecule has 0 atom stereocenters. The average Bonchev–Trinajstić information content (AvgIpc) is 3.14. The molecular formula is C16H22ClIN6. The molecule has 6 nitrogen and oxygen atoms in total. The third-order valence-electron chi connectivity index (χ3n) is 4.00. The molecule has 0 aliphatic carbocycles. The zero-order valence-corrected chi connectivity index (χ0v) is 17.0. The molecule has 0 spiro atoms. The van der Waals surface area contributed by atoms with Gasteiger partial charge in [-0.3, -0.25) is 4.99 Å². The van der Waals surface area contributed by atoms with Crippen LogP contribution in [0, 0.1) is 0 Å². The molecule has 0 fully saturated rings. The molecule has 1 N–H and O–H groups in total. The van der Waals surface area contributed by atoms with Crippen LogP contribution in [0.15, 0.2) is 29.3 Å². The number of rotatable bonds is 4. The topological polar surface area (TPSA) is 58.3 Å². The van der Waals surface area contributed by atoms with Crippen LogP contribution >= 0.6 is 35.6 Å². The summed E-state index contributed by atoms with van der Waals surface area (Å²) in [6.07, 6.45) is 2.18. The van der Waals surface area contributed by atoms with E-state index in [9.17, 15) is 0 Å². The van der Waals surface area contributed by atoms with Gasteiger partial charge in [-0.2, -0.15) is 0 Å². The van der Waals surface area contributed by atoms with Crippen molar-refractivity contribution in [1.29, 1.82) is 0 Å². The Morgan fingerprint density at radius 3 is 2.79 bits per heavy atom. The fourth-order valence-corrected chi connectivity index (χ4v) is 2.95. The third kappa shape index (κ3) is 4.38. The van der Waals surface area contributed by atoms with Crippen molar-refractivity contribution in [3.63, 3.8) is 0 Å². The Morgan fingerprint density at radius 2 is 2.08 bits per heavy atom. The first kappa shape index (κ1) is 19.0. The zero-order chi connectivity index (χ0) is 16.2. The van der Waals surface area contributed by atoms with Crippen molar-refractivity contribution in [3.05, 3.63) is 46.5 Å². The Kier molecular flexibility index (Phi) is 6.85. The summed E-state index contributed by atoms with van der Waals surface area (Å²) >= 11 is 5.93. The van der Waals surface area contributed by atoms with E-state index in [0.717, 1.165) is 48.6 Å². The van der Waals surface area contributed by atoms with Gasteiger partial charge in [0.2, 0.25) is 0 Å². The van der Waals surface area contributed by atoms with Gasteiger partial charge in [-0.15, -0.1) is 34.2 Å². The van der Waals surface area contributed by atoms with E-state index in [1.165, 1.54) is 5.56 Å². The maximum absolute atomic E-state index is 5.93. The lowest BCUT2D eigenvalue weighted by molar-refractivity contribution is 0.474. The second kappa shape index (κ2) is 8.66. The second-order valence-corrected chi connectivity index (χ2v) is 6.11. The van der Waals surface area contributed by atoms with Crippen LogP contribution in [0.3, 0.4) is 0 Å². The Morgan fingerprint density at radius 1 is 1.33 bits per heavy atom. The number of nitrogens with one attached hydrogen (secondary N) is 1. The van der Waals surface area contributed by atoms with Crippen molar-refractivity contribution in [2.45, 2.75) is 32.5 Å². The molecule has 1 aliphatic heterocycles. The summed E-state index contributed by atoms with van der Waals surface area (Å²) in [5.41, 5.74) is 1.18. The summed E-state index contributed by atoms with van der Waals surface area (Å²) in [6, 6.07) is 7.86. The summed E-state index contributed by atoms with van der Waals surface area (Å²) in [4.78, 5) is 6.42. The van der Waals surface area contributed by atoms with E-state index in [4.69, 9.17) is 11.6 Å². The predicted molar refractivity (Wildman–Crippen MR) is 107 cm³/mol. The number of hydrogen-bond acceptors (Lipinski definition) is 3. The molecule has 2 heterocycles. The van der Waals surface area contributed by atoms with Crippen LogP contribution in [-0.4, -0.2) is 39.7 Å². The molecule has 2 aromatic rings. The van der Waals surface area contributed by atoms with Gasteiger partial charge in [0.15, 0.2) is 11.8 Å². The first-order valence-corrected chi connectivity index (χ1v) is 8.12. The maximum Gasteiger partial charge on any atom is 0.194 e. The average molecular weight is 461 g/mol. The van der Waals surface area contributed by atoms with Gasteiger partial charge in [-0.1, -0.05) is 23.7 Å². The highest BCUT2D eigenvalue weighted by atomic mass is 127. The lowest BCUT2D eigenvalue weighted by Gasteiger charge is -2.22. The van der Waals surface area contributed by atoms with Crippen LogP contribution in [-0.2, 0) is 26.1 Å². The molecule has 0 amide bonds. The number of benzene rings is 1. The fraction of sp³-hybridized carbons (Fsp3) is 0.438. The van der Waals surface area contributed by atoms with Gasteiger partial charge < -0.3 is 14.8 Å². The van der Waals surface area contributed by atoms with Gasteiger partial charge in [0.05, 0.1) is 6.54 Å². The van der Waals surface area contributed by atoms with Crippen LogP contribution < -0.4 is 5.32 Å². The van der Waals surface area contributed by atoms with E-state index >= 15 is 0 Å². The van der Waals surface area contributed by atoms with E-state index in [0.29, 0.717) is 6.54 Å². The van der Waals surface area contributed by atoms with Gasteiger partial charge in [0.25, 0.3) is 0 Å². The molecule has 0 radical (unpaired) electrons. The molecular weight excluding hydrogens is 439 g/mol. The minimum atomic E-state index is 0. The van der Waals surface area contributed by atoms with E-state index in [-0.39, 0.29) is 24.0 Å². The molecule has 3 rings (SSSR count). The molecule has 0 unspecified atom stereocenters. The summed E-state index contributed by atoms with van der Waals surface area (Å²) < 4.78 is 2.19. The Hall–Kier alpha value is -1.35. The van der Waals surface area contributed by atoms with Crippen molar-refractivity contribution in [1.82, 2.24) is 25.0 Å². The van der Waals surface area contributed by atoms with E-state index < -0.39 is 0 Å². The zero-order valence-electron chi connectivity index (χ0n) is 13.9. The molecule has 1 aliphatic rings. The molecule has 130 valence electrons. The van der Waals surface area contributed by atoms with E-state index in [1.807, 2.05) is 31.3 Å². The van der Waals surface area contributed by atoms with Gasteiger partial charge in [0.1, 0.15) is 5.82 Å². The van der Waals surface area contributed by atoms with Crippen LogP contribution in [0.25, 0.3) is 0 Å². The van der Waals surface area contributed by atoms with Crippen molar-refractivity contribution >= 4 is 41.5 Å². The molecule has 8 heteroatoms. The number of guanidine groups is 1. The Balaban J connectivity index is 0.00000208. The Bertz CT molecular complexity index is 697. The lowest BCUT2D eigenvalue weighted by Crippen LogP contribution is -2.38. The summed E-state index contributed by atoms with van der Waals surface area (Å²) in [5, 5.41) is 12.6. The lowest BCUT2D eigenvalue weighted by atomic mass is 10.2. The molecule has 1 aromatic heterocycles. The van der Waals surface area contributed by atoms with Crippen LogP contribution in [0.5, 0.6) is 0 Å². The highest BCUT2D eigenvalue weighted by Crippen LogP contribution is 2.14. The van der Waals surface area contributed by atoms with Gasteiger partial charge in [-0.25, -0.2) is 0 Å². The van der Waals surface area contributed by atoms with Crippen molar-refractivity contribution in [2.24, 2.45) is 4.99 Å². The first-order valence-electron chi connectivity index (χ1n) is 7.74. The third-order valence-corrected chi connectivity index (χ3v) is 4.25. The van der Waals surface area contributed by atoms with E-state index in [2.05, 4.69) is 30.0 Å². The van der Waals surface area contributed by atoms with Gasteiger partial charge in [-0.05, 0) is 24.1 Å². The van der Waals surface area contributed by atoms with Crippen LogP contribution in [0.4, 0.5) is 0 Å². The van der Waals surface area contributed by atoms with Gasteiger partial charge >= 0.3 is 0 Å². The van der Waals surface area contributed by atoms with E-state index in [1.54, 1.807) is 7.05 Å². The monoisotopic (exact) mass is 460 g/mol. The second-order valence-electron chi connectivity index (χ2n) is 5.67. The predicted octanol–water partition coefficient (Wildman–Crippen LogP) is 2.70. The van der Waals surface area contributed by atoms with Crippen molar-refractivity contribution < 1.29 is 0 Å². The van der Waals surface area contributed by atoms with Crippen molar-refractivity contribution in [2.75, 3.05) is 14.1 Å². The maximum atomic E-state index is 5.93. The highest BCUT2D eigenvalue weighted by Gasteiger charge is 2.17. The smallest absolute Gasteiger partial charge is 0.194 e. The normalized spacial score (nSPS) is 13.4. The van der Waals surface area contributed by atoms with Gasteiger partial charge in [0, 0.05) is 38.6 Å². The minimum absolute atomic E-state index is 0. The molecule has 1 aromatic carbocycles. The minimum Gasteiger partial charge on any atom is -0.349 e. The number of halogens is 2. The summed E-state index contributed by atoms with van der Waals surface area (Å²) in [7, 11) is 3.80. The molecule has 0 saturated heterocycles. The van der Waals surface area contributed by atoms with Crippen LogP contribution in [0.1, 0.15) is 23.6 Å².